The molecule has 0 aliphatic rings. The fraction of sp³-hybridized carbons (Fsp3) is 0. The number of hydrogen-bond acceptors (Lipinski definition) is 2. The van der Waals surface area contributed by atoms with Gasteiger partial charge in [-0.15, -0.1) is 0 Å². The molecule has 1 aromatic heterocycles. The Kier molecular flexibility index (Phi) is 7.53. The monoisotopic (exact) mass is 639 g/mol. The molecule has 0 radical (unpaired) electrons. The molecule has 0 aliphatic heterocycles. The number of benzene rings is 8. The Morgan fingerprint density at radius 1 is 0.260 bits per heavy atom. The first-order valence-corrected chi connectivity index (χ1v) is 17.0. The predicted octanol–water partition coefficient (Wildman–Crippen LogP) is 13.7. The first-order chi connectivity index (χ1) is 24.8. The molecule has 0 aliphatic carbocycles. The highest BCUT2D eigenvalue weighted by molar-refractivity contribution is 6.06. The lowest BCUT2D eigenvalue weighted by atomic mass is 9.97. The van der Waals surface area contributed by atoms with Crippen LogP contribution < -0.4 is 4.90 Å². The van der Waals surface area contributed by atoms with Crippen LogP contribution in [0.2, 0.25) is 0 Å². The average molecular weight is 640 g/mol. The highest BCUT2D eigenvalue weighted by Gasteiger charge is 2.15. The largest absolute Gasteiger partial charge is 0.456 e. The van der Waals surface area contributed by atoms with Gasteiger partial charge in [-0.2, -0.15) is 0 Å². The van der Waals surface area contributed by atoms with Crippen molar-refractivity contribution in [3.63, 3.8) is 0 Å². The van der Waals surface area contributed by atoms with Gasteiger partial charge in [0, 0.05) is 27.8 Å². The summed E-state index contributed by atoms with van der Waals surface area (Å²) in [6, 6.07) is 71.2. The minimum Gasteiger partial charge on any atom is -0.456 e. The molecular weight excluding hydrogens is 607 g/mol. The minimum atomic E-state index is 0.910. The van der Waals surface area contributed by atoms with Gasteiger partial charge in [-0.25, -0.2) is 0 Å². The van der Waals surface area contributed by atoms with E-state index in [-0.39, 0.29) is 0 Å². The van der Waals surface area contributed by atoms with E-state index in [2.05, 4.69) is 193 Å². The molecule has 236 valence electrons. The van der Waals surface area contributed by atoms with Crippen molar-refractivity contribution in [3.8, 4) is 44.5 Å². The lowest BCUT2D eigenvalue weighted by Gasteiger charge is -2.26. The molecule has 0 bridgehead atoms. The molecule has 2 nitrogen and oxygen atoms in total. The van der Waals surface area contributed by atoms with Crippen LogP contribution in [0.15, 0.2) is 205 Å². The fourth-order valence-corrected chi connectivity index (χ4v) is 6.92. The van der Waals surface area contributed by atoms with Gasteiger partial charge in [-0.3, -0.25) is 0 Å². The summed E-state index contributed by atoms with van der Waals surface area (Å²) in [6.07, 6.45) is 0. The van der Waals surface area contributed by atoms with Gasteiger partial charge in [0.25, 0.3) is 0 Å². The van der Waals surface area contributed by atoms with E-state index in [1.807, 2.05) is 12.1 Å². The molecule has 2 heteroatoms. The first kappa shape index (κ1) is 29.5. The van der Waals surface area contributed by atoms with Gasteiger partial charge in [-0.05, 0) is 105 Å². The molecule has 1 heterocycles. The Bertz CT molecular complexity index is 2480. The lowest BCUT2D eigenvalue weighted by Crippen LogP contribution is -2.10. The maximum atomic E-state index is 6.10. The normalized spacial score (nSPS) is 11.2. The highest BCUT2D eigenvalue weighted by atomic mass is 16.3. The lowest BCUT2D eigenvalue weighted by molar-refractivity contribution is 0.669. The van der Waals surface area contributed by atoms with Gasteiger partial charge >= 0.3 is 0 Å². The molecule has 0 fully saturated rings. The van der Waals surface area contributed by atoms with Crippen molar-refractivity contribution in [1.82, 2.24) is 0 Å². The van der Waals surface area contributed by atoms with Crippen molar-refractivity contribution in [2.45, 2.75) is 0 Å². The molecule has 0 N–H and O–H groups in total. The van der Waals surface area contributed by atoms with Crippen molar-refractivity contribution in [2.24, 2.45) is 0 Å². The van der Waals surface area contributed by atoms with Gasteiger partial charge in [0.2, 0.25) is 0 Å². The summed E-state index contributed by atoms with van der Waals surface area (Å²) >= 11 is 0. The van der Waals surface area contributed by atoms with Crippen LogP contribution in [0.1, 0.15) is 0 Å². The molecule has 0 atom stereocenters. The molecule has 0 saturated carbocycles. The zero-order valence-electron chi connectivity index (χ0n) is 27.4. The number of nitrogens with zero attached hydrogens (tertiary/aromatic N) is 1. The van der Waals surface area contributed by atoms with Crippen molar-refractivity contribution >= 4 is 39.0 Å². The standard InChI is InChI=1S/C48H33NO/c1-3-11-34(12-4-1)36-21-26-42(27-22-36)49(43-28-23-37(24-29-43)35-13-5-2-6-14-35)44-18-10-17-40(32-44)38-15-9-16-39(31-38)41-25-30-48-46(33-41)45-19-7-8-20-47(45)50-48/h1-33H. The SMILES string of the molecule is c1ccc(-c2ccc(N(c3ccc(-c4ccccc4)cc3)c3cccc(-c4cccc(-c5ccc6oc7ccccc7c6c5)c4)c3)cc2)cc1. The smallest absolute Gasteiger partial charge is 0.135 e. The number of furan rings is 1. The molecule has 0 unspecified atom stereocenters. The maximum absolute atomic E-state index is 6.10. The van der Waals surface area contributed by atoms with Crippen LogP contribution in [0.4, 0.5) is 17.1 Å². The summed E-state index contributed by atoms with van der Waals surface area (Å²) < 4.78 is 6.10. The van der Waals surface area contributed by atoms with Crippen LogP contribution >= 0.6 is 0 Å². The zero-order chi connectivity index (χ0) is 33.3. The third-order valence-corrected chi connectivity index (χ3v) is 9.48. The van der Waals surface area contributed by atoms with Crippen LogP contribution in [0.5, 0.6) is 0 Å². The molecule has 50 heavy (non-hydrogen) atoms. The molecule has 9 aromatic rings. The van der Waals surface area contributed by atoms with Crippen LogP contribution in [0, 0.1) is 0 Å². The van der Waals surface area contributed by atoms with Crippen LogP contribution in [0.3, 0.4) is 0 Å². The molecule has 0 saturated heterocycles. The van der Waals surface area contributed by atoms with E-state index in [9.17, 15) is 0 Å². The second-order valence-corrected chi connectivity index (χ2v) is 12.6. The summed E-state index contributed by atoms with van der Waals surface area (Å²) in [7, 11) is 0. The molecule has 9 rings (SSSR count). The maximum Gasteiger partial charge on any atom is 0.135 e. The predicted molar refractivity (Wildman–Crippen MR) is 210 cm³/mol. The van der Waals surface area contributed by atoms with Crippen molar-refractivity contribution < 1.29 is 4.42 Å². The highest BCUT2D eigenvalue weighted by Crippen LogP contribution is 2.39. The Hall–Kier alpha value is -6.64. The third kappa shape index (κ3) is 5.63. The van der Waals surface area contributed by atoms with Gasteiger partial charge < -0.3 is 9.32 Å². The van der Waals surface area contributed by atoms with E-state index in [0.29, 0.717) is 0 Å². The zero-order valence-corrected chi connectivity index (χ0v) is 27.4. The average Bonchev–Trinajstić information content (AvgIpc) is 3.57. The Morgan fingerprint density at radius 3 is 1.32 bits per heavy atom. The first-order valence-electron chi connectivity index (χ1n) is 17.0. The summed E-state index contributed by atoms with van der Waals surface area (Å²) in [5.74, 6) is 0. The topological polar surface area (TPSA) is 16.4 Å². The van der Waals surface area contributed by atoms with Gasteiger partial charge in [0.05, 0.1) is 0 Å². The van der Waals surface area contributed by atoms with E-state index in [1.54, 1.807) is 0 Å². The summed E-state index contributed by atoms with van der Waals surface area (Å²) in [5.41, 5.74) is 14.6. The second-order valence-electron chi connectivity index (χ2n) is 12.6. The van der Waals surface area contributed by atoms with E-state index in [0.717, 1.165) is 44.6 Å². The van der Waals surface area contributed by atoms with Crippen LogP contribution in [-0.4, -0.2) is 0 Å². The van der Waals surface area contributed by atoms with E-state index in [1.165, 1.54) is 38.9 Å². The van der Waals surface area contributed by atoms with Gasteiger partial charge in [0.1, 0.15) is 11.2 Å². The van der Waals surface area contributed by atoms with E-state index < -0.39 is 0 Å². The fourth-order valence-electron chi connectivity index (χ4n) is 6.92. The minimum absolute atomic E-state index is 0.910. The summed E-state index contributed by atoms with van der Waals surface area (Å²) in [4.78, 5) is 2.34. The second kappa shape index (κ2) is 12.8. The molecule has 0 spiro atoms. The Balaban J connectivity index is 1.10. The van der Waals surface area contributed by atoms with Crippen LogP contribution in [0.25, 0.3) is 66.4 Å². The number of para-hydroxylation sites is 1. The van der Waals surface area contributed by atoms with Crippen molar-refractivity contribution in [2.75, 3.05) is 4.90 Å². The van der Waals surface area contributed by atoms with Crippen LogP contribution in [-0.2, 0) is 0 Å². The van der Waals surface area contributed by atoms with Gasteiger partial charge in [0.15, 0.2) is 0 Å². The van der Waals surface area contributed by atoms with Crippen molar-refractivity contribution in [1.29, 1.82) is 0 Å². The van der Waals surface area contributed by atoms with E-state index in [4.69, 9.17) is 4.42 Å². The number of hydrogen-bond donors (Lipinski definition) is 0. The number of fused-ring (bicyclic) bond motifs is 3. The van der Waals surface area contributed by atoms with Gasteiger partial charge in [-0.1, -0.05) is 140 Å². The summed E-state index contributed by atoms with van der Waals surface area (Å²) in [6.45, 7) is 0. The number of anilines is 3. The van der Waals surface area contributed by atoms with Crippen molar-refractivity contribution in [3.05, 3.63) is 200 Å². The quantitative estimate of drug-likeness (QED) is 0.173. The third-order valence-electron chi connectivity index (χ3n) is 9.48. The molecule has 8 aromatic carbocycles. The molecular formula is C48H33NO. The Labute approximate surface area is 292 Å². The Morgan fingerprint density at radius 2 is 0.700 bits per heavy atom. The molecule has 0 amide bonds. The summed E-state index contributed by atoms with van der Waals surface area (Å²) in [5, 5.41) is 2.28. The van der Waals surface area contributed by atoms with E-state index >= 15 is 0 Å². The number of rotatable bonds is 7.